The maximum absolute atomic E-state index is 14.4. The summed E-state index contributed by atoms with van der Waals surface area (Å²) in [7, 11) is 0. The topological polar surface area (TPSA) is 79.0 Å². The first-order valence-corrected chi connectivity index (χ1v) is 17.7. The molecule has 1 saturated heterocycles. The van der Waals surface area contributed by atoms with Gasteiger partial charge in [0.15, 0.2) is 0 Å². The number of amides is 4. The molecule has 254 valence electrons. The highest BCUT2D eigenvalue weighted by atomic mass is 35.5. The summed E-state index contributed by atoms with van der Waals surface area (Å²) in [6.45, 7) is 2.01. The van der Waals surface area contributed by atoms with E-state index in [1.165, 1.54) is 22.9 Å². The summed E-state index contributed by atoms with van der Waals surface area (Å²) in [6, 6.07) is 36.2. The first-order chi connectivity index (χ1) is 24.9. The highest BCUT2D eigenvalue weighted by Gasteiger charge is 2.40. The minimum absolute atomic E-state index is 0.0739. The molecule has 0 bridgehead atoms. The maximum atomic E-state index is 14.4. The van der Waals surface area contributed by atoms with Crippen molar-refractivity contribution in [3.05, 3.63) is 164 Å². The van der Waals surface area contributed by atoms with Crippen molar-refractivity contribution in [3.8, 4) is 5.75 Å². The lowest BCUT2D eigenvalue weighted by molar-refractivity contribution is -0.122. The summed E-state index contributed by atoms with van der Waals surface area (Å²) < 4.78 is 6.10. The van der Waals surface area contributed by atoms with Gasteiger partial charge in [0.05, 0.1) is 15.7 Å². The third kappa shape index (κ3) is 6.28. The van der Waals surface area contributed by atoms with Gasteiger partial charge in [-0.2, -0.15) is 0 Å². The number of hydrogen-bond acceptors (Lipinski definition) is 5. The first-order valence-electron chi connectivity index (χ1n) is 17.0. The molecule has 8 rings (SSSR count). The number of ether oxygens (including phenoxy) is 1. The zero-order valence-corrected chi connectivity index (χ0v) is 29.0. The van der Waals surface area contributed by atoms with Gasteiger partial charge in [0.1, 0.15) is 17.9 Å². The van der Waals surface area contributed by atoms with Gasteiger partial charge >= 0.3 is 6.03 Å². The normalized spacial score (nSPS) is 19.2. The molecule has 3 aliphatic rings. The Balaban J connectivity index is 1.20. The molecule has 5 aromatic carbocycles. The largest absolute Gasteiger partial charge is 0.488 e. The summed E-state index contributed by atoms with van der Waals surface area (Å²) in [6.07, 6.45) is 3.28. The lowest BCUT2D eigenvalue weighted by Crippen LogP contribution is -2.54. The van der Waals surface area contributed by atoms with Crippen LogP contribution in [0.1, 0.15) is 58.1 Å². The van der Waals surface area contributed by atoms with Crippen molar-refractivity contribution >= 4 is 58.5 Å². The lowest BCUT2D eigenvalue weighted by Gasteiger charge is -2.44. The van der Waals surface area contributed by atoms with Gasteiger partial charge in [0, 0.05) is 36.2 Å². The molecule has 0 spiro atoms. The average Bonchev–Trinajstić information content (AvgIpc) is 3.15. The smallest absolute Gasteiger partial charge is 0.335 e. The second-order valence-electron chi connectivity index (χ2n) is 13.0. The first kappa shape index (κ1) is 32.8. The van der Waals surface area contributed by atoms with Crippen LogP contribution < -0.4 is 19.9 Å². The number of hydrogen-bond donors (Lipinski definition) is 1. The van der Waals surface area contributed by atoms with Crippen LogP contribution in [0, 0.1) is 0 Å². The van der Waals surface area contributed by atoms with E-state index in [9.17, 15) is 14.4 Å². The van der Waals surface area contributed by atoms with Crippen LogP contribution in [0.25, 0.3) is 6.08 Å². The number of carbonyl (C=O) groups excluding carboxylic acids is 3. The number of urea groups is 1. The highest BCUT2D eigenvalue weighted by molar-refractivity contribution is 6.42. The molecule has 0 aliphatic carbocycles. The second kappa shape index (κ2) is 13.7. The Morgan fingerprint density at radius 2 is 1.33 bits per heavy atom. The summed E-state index contributed by atoms with van der Waals surface area (Å²) in [5.41, 5.74) is 7.24. The Morgan fingerprint density at radius 3 is 1.96 bits per heavy atom. The monoisotopic (exact) mass is 713 g/mol. The minimum atomic E-state index is -0.783. The van der Waals surface area contributed by atoms with E-state index in [0.29, 0.717) is 27.0 Å². The molecule has 4 amide bonds. The van der Waals surface area contributed by atoms with Gasteiger partial charge in [-0.1, -0.05) is 108 Å². The van der Waals surface area contributed by atoms with Crippen LogP contribution in [0.15, 0.2) is 121 Å². The number of nitrogens with zero attached hydrogens (tertiary/aromatic N) is 2. The molecule has 1 fully saturated rings. The van der Waals surface area contributed by atoms with Crippen molar-refractivity contribution in [2.75, 3.05) is 22.9 Å². The number of halogens is 2. The van der Waals surface area contributed by atoms with Gasteiger partial charge in [0.2, 0.25) is 0 Å². The summed E-state index contributed by atoms with van der Waals surface area (Å²) >= 11 is 12.3. The number of rotatable bonds is 7. The fourth-order valence-corrected chi connectivity index (χ4v) is 7.86. The van der Waals surface area contributed by atoms with Crippen LogP contribution >= 0.6 is 23.2 Å². The van der Waals surface area contributed by atoms with E-state index >= 15 is 0 Å². The zero-order valence-electron chi connectivity index (χ0n) is 27.5. The standard InChI is InChI=1S/C42H33Cl2N3O4/c43-36-16-15-26(21-37(36)44)25-51-38-14-8-7-13-29(38)22-35-40(48)45-42(50)47(41(35)49)30-23-33-31(27-9-3-1-4-10-27)17-19-46-20-18-32(34(24-30)39(33)46)28-11-5-2-6-12-28/h1-16,21-24,31-32H,17-20,25H2,(H,45,48,50)/b35-22+/t31-,32-/m1/s1. The van der Waals surface area contributed by atoms with E-state index in [1.54, 1.807) is 36.4 Å². The molecule has 0 saturated carbocycles. The van der Waals surface area contributed by atoms with E-state index in [2.05, 4.69) is 34.5 Å². The van der Waals surface area contributed by atoms with Crippen molar-refractivity contribution in [1.29, 1.82) is 0 Å². The van der Waals surface area contributed by atoms with Gasteiger partial charge in [-0.15, -0.1) is 0 Å². The third-order valence-corrected chi connectivity index (χ3v) is 10.7. The van der Waals surface area contributed by atoms with Crippen molar-refractivity contribution in [2.24, 2.45) is 0 Å². The average molecular weight is 715 g/mol. The van der Waals surface area contributed by atoms with Crippen LogP contribution in [0.3, 0.4) is 0 Å². The molecule has 3 heterocycles. The molecule has 0 radical (unpaired) electrons. The molecule has 1 N–H and O–H groups in total. The fraction of sp³-hybridized carbons (Fsp3) is 0.167. The fourth-order valence-electron chi connectivity index (χ4n) is 7.54. The minimum Gasteiger partial charge on any atom is -0.488 e. The number of anilines is 2. The van der Waals surface area contributed by atoms with E-state index in [1.807, 2.05) is 54.6 Å². The summed E-state index contributed by atoms with van der Waals surface area (Å²) in [4.78, 5) is 44.8. The summed E-state index contributed by atoms with van der Waals surface area (Å²) in [5.74, 6) is -0.869. The number of barbiturate groups is 1. The number of imide groups is 2. The Morgan fingerprint density at radius 1 is 0.725 bits per heavy atom. The molecular formula is C42H33Cl2N3O4. The number of carbonyl (C=O) groups is 3. The Hall–Kier alpha value is -5.37. The van der Waals surface area contributed by atoms with E-state index < -0.39 is 17.8 Å². The Labute approximate surface area is 306 Å². The number of para-hydroxylation sites is 1. The van der Waals surface area contributed by atoms with Crippen LogP contribution in [0.4, 0.5) is 16.2 Å². The predicted molar refractivity (Wildman–Crippen MR) is 201 cm³/mol. The molecule has 9 heteroatoms. The molecule has 7 nitrogen and oxygen atoms in total. The van der Waals surface area contributed by atoms with E-state index in [4.69, 9.17) is 27.9 Å². The van der Waals surface area contributed by atoms with E-state index in [-0.39, 0.29) is 24.0 Å². The van der Waals surface area contributed by atoms with E-state index in [0.717, 1.165) is 47.5 Å². The molecule has 5 aromatic rings. The van der Waals surface area contributed by atoms with Crippen molar-refractivity contribution in [3.63, 3.8) is 0 Å². The lowest BCUT2D eigenvalue weighted by atomic mass is 9.76. The highest BCUT2D eigenvalue weighted by Crippen LogP contribution is 2.50. The van der Waals surface area contributed by atoms with Gasteiger partial charge in [-0.25, -0.2) is 9.69 Å². The van der Waals surface area contributed by atoms with Crippen LogP contribution in [-0.2, 0) is 16.2 Å². The quantitative estimate of drug-likeness (QED) is 0.134. The SMILES string of the molecule is O=C1NC(=O)N(c2cc3c4c(c2)[C@@H](c2ccccc2)CCN4CC[C@@H]3c2ccccc2)C(=O)/C1=C/c1ccccc1OCc1ccc(Cl)c(Cl)c1. The molecule has 0 unspecified atom stereocenters. The van der Waals surface area contributed by atoms with Gasteiger partial charge in [-0.05, 0) is 77.1 Å². The van der Waals surface area contributed by atoms with Crippen LogP contribution in [0.5, 0.6) is 5.75 Å². The molecular weight excluding hydrogens is 681 g/mol. The Kier molecular flexibility index (Phi) is 8.84. The summed E-state index contributed by atoms with van der Waals surface area (Å²) in [5, 5.41) is 3.28. The predicted octanol–water partition coefficient (Wildman–Crippen LogP) is 9.12. The molecule has 0 aromatic heterocycles. The molecule has 3 aliphatic heterocycles. The number of benzene rings is 5. The van der Waals surface area contributed by atoms with Gasteiger partial charge < -0.3 is 9.64 Å². The van der Waals surface area contributed by atoms with Crippen LogP contribution in [0.2, 0.25) is 10.0 Å². The van der Waals surface area contributed by atoms with Crippen molar-refractivity contribution < 1.29 is 19.1 Å². The van der Waals surface area contributed by atoms with Gasteiger partial charge in [0.25, 0.3) is 11.8 Å². The van der Waals surface area contributed by atoms with Crippen LogP contribution in [-0.4, -0.2) is 30.9 Å². The third-order valence-electron chi connectivity index (χ3n) is 9.96. The van der Waals surface area contributed by atoms with Gasteiger partial charge in [-0.3, -0.25) is 14.9 Å². The second-order valence-corrected chi connectivity index (χ2v) is 13.8. The molecule has 51 heavy (non-hydrogen) atoms. The van der Waals surface area contributed by atoms with Crippen molar-refractivity contribution in [2.45, 2.75) is 31.3 Å². The Bertz CT molecular complexity index is 2130. The van der Waals surface area contributed by atoms with Crippen molar-refractivity contribution in [1.82, 2.24) is 5.32 Å². The maximum Gasteiger partial charge on any atom is 0.335 e. The number of nitrogens with one attached hydrogen (secondary N) is 1. The zero-order chi connectivity index (χ0) is 35.1. The molecule has 2 atom stereocenters.